The second kappa shape index (κ2) is 12.9. The number of carbonyl (C=O) groups is 2. The maximum absolute atomic E-state index is 14.4. The highest BCUT2D eigenvalue weighted by Gasteiger charge is 2.52. The Morgan fingerprint density at radius 1 is 1.14 bits per heavy atom. The summed E-state index contributed by atoms with van der Waals surface area (Å²) in [6.45, 7) is 11.4. The molecule has 2 aromatic rings. The average Bonchev–Trinajstić information content (AvgIpc) is 3.22. The molecule has 2 amide bonds. The van der Waals surface area contributed by atoms with Gasteiger partial charge in [0.05, 0.1) is 12.6 Å². The number of rotatable bonds is 9. The molecular formula is C33H45ClN6O2. The molecule has 1 atom stereocenters. The van der Waals surface area contributed by atoms with Gasteiger partial charge in [-0.1, -0.05) is 70.5 Å². The van der Waals surface area contributed by atoms with Gasteiger partial charge in [-0.05, 0) is 85.6 Å². The molecule has 9 heteroatoms. The number of benzene rings is 2. The van der Waals surface area contributed by atoms with E-state index in [0.29, 0.717) is 28.1 Å². The second-order valence-electron chi connectivity index (χ2n) is 13.2. The minimum atomic E-state index is -0.618. The van der Waals surface area contributed by atoms with E-state index in [1.165, 1.54) is 0 Å². The van der Waals surface area contributed by atoms with Crippen molar-refractivity contribution in [3.8, 4) is 0 Å². The predicted molar refractivity (Wildman–Crippen MR) is 170 cm³/mol. The zero-order valence-corrected chi connectivity index (χ0v) is 26.2. The first-order valence-electron chi connectivity index (χ1n) is 14.9. The monoisotopic (exact) mass is 592 g/mol. The summed E-state index contributed by atoms with van der Waals surface area (Å²) in [5, 5.41) is 6.70. The van der Waals surface area contributed by atoms with Crippen molar-refractivity contribution >= 4 is 35.0 Å². The van der Waals surface area contributed by atoms with Gasteiger partial charge in [0.2, 0.25) is 0 Å². The van der Waals surface area contributed by atoms with Gasteiger partial charge in [0.15, 0.2) is 0 Å². The smallest absolute Gasteiger partial charge is 0.275 e. The number of carbonyl (C=O) groups excluding carboxylic acids is 2. The zero-order valence-electron chi connectivity index (χ0n) is 25.5. The molecule has 1 fully saturated rings. The molecule has 1 heterocycles. The Bertz CT molecular complexity index is 1340. The molecule has 5 N–H and O–H groups in total. The number of nitrogens with two attached hydrogens (primary N) is 2. The minimum Gasteiger partial charge on any atom is -0.384 e. The van der Waals surface area contributed by atoms with Crippen LogP contribution in [0.15, 0.2) is 58.6 Å². The van der Waals surface area contributed by atoms with Crippen LogP contribution in [0.4, 0.5) is 0 Å². The van der Waals surface area contributed by atoms with Gasteiger partial charge in [0.1, 0.15) is 17.2 Å². The Hall–Kier alpha value is -3.39. The van der Waals surface area contributed by atoms with E-state index >= 15 is 0 Å². The summed E-state index contributed by atoms with van der Waals surface area (Å²) in [7, 11) is 0. The van der Waals surface area contributed by atoms with E-state index in [4.69, 9.17) is 28.2 Å². The number of hydrogen-bond donors (Lipinski definition) is 3. The standard InChI is InChI=1S/C33H45ClN6O2/c1-21(2)9-14-27(22-10-12-23(13-11-22)30(41)37-20-28(35)39-36)40-31(42)29(24-7-6-8-26(34)19-24)38-33(40)17-15-25(16-18-33)32(3,4)5/h6-8,10-13,19,21,25,27H,9,14-18,20,36H2,1-5H3,(H2,35,39)(H,37,41). The van der Waals surface area contributed by atoms with E-state index < -0.39 is 5.66 Å². The molecule has 1 unspecified atom stereocenters. The third-order valence-electron chi connectivity index (χ3n) is 8.78. The fourth-order valence-electron chi connectivity index (χ4n) is 6.28. The lowest BCUT2D eigenvalue weighted by Gasteiger charge is -2.47. The van der Waals surface area contributed by atoms with Crippen molar-refractivity contribution in [3.05, 3.63) is 70.2 Å². The van der Waals surface area contributed by atoms with Crippen molar-refractivity contribution in [2.45, 2.75) is 84.8 Å². The number of nitrogens with one attached hydrogen (secondary N) is 1. The van der Waals surface area contributed by atoms with Gasteiger partial charge in [-0.2, -0.15) is 5.10 Å². The summed E-state index contributed by atoms with van der Waals surface area (Å²) in [6.07, 6.45) is 5.37. The number of hydrogen-bond acceptors (Lipinski definition) is 5. The predicted octanol–water partition coefficient (Wildman–Crippen LogP) is 6.04. The lowest BCUT2D eigenvalue weighted by Crippen LogP contribution is -2.51. The van der Waals surface area contributed by atoms with Gasteiger partial charge < -0.3 is 21.8 Å². The molecule has 226 valence electrons. The van der Waals surface area contributed by atoms with Crippen LogP contribution in [-0.4, -0.2) is 40.5 Å². The normalized spacial score (nSPS) is 22.0. The maximum atomic E-state index is 14.4. The molecule has 8 nitrogen and oxygen atoms in total. The molecule has 1 saturated carbocycles. The first kappa shape index (κ1) is 31.5. The molecule has 1 aliphatic carbocycles. The molecular weight excluding hydrogens is 548 g/mol. The fourth-order valence-corrected chi connectivity index (χ4v) is 6.47. The molecule has 1 aliphatic heterocycles. The van der Waals surface area contributed by atoms with Gasteiger partial charge >= 0.3 is 0 Å². The molecule has 42 heavy (non-hydrogen) atoms. The van der Waals surface area contributed by atoms with E-state index in [0.717, 1.165) is 49.7 Å². The van der Waals surface area contributed by atoms with E-state index in [-0.39, 0.29) is 35.7 Å². The summed E-state index contributed by atoms with van der Waals surface area (Å²) >= 11 is 6.35. The molecule has 2 aromatic carbocycles. The molecule has 0 bridgehead atoms. The van der Waals surface area contributed by atoms with Crippen LogP contribution in [0.25, 0.3) is 0 Å². The van der Waals surface area contributed by atoms with Crippen molar-refractivity contribution in [1.29, 1.82) is 0 Å². The Morgan fingerprint density at radius 2 is 1.81 bits per heavy atom. The van der Waals surface area contributed by atoms with Gasteiger partial charge in [-0.25, -0.2) is 0 Å². The van der Waals surface area contributed by atoms with Crippen LogP contribution in [-0.2, 0) is 4.79 Å². The SMILES string of the molecule is CC(C)CCC(c1ccc(C(=O)NCC(N)=NN)cc1)N1C(=O)C(c2cccc(Cl)c2)=NC12CCC(C(C)(C)C)CC2. The zero-order chi connectivity index (χ0) is 30.7. The number of aliphatic imine (C=N–C) groups is 1. The number of hydrazone groups is 1. The third kappa shape index (κ3) is 6.97. The Morgan fingerprint density at radius 3 is 2.38 bits per heavy atom. The van der Waals surface area contributed by atoms with Gasteiger partial charge in [0, 0.05) is 16.1 Å². The summed E-state index contributed by atoms with van der Waals surface area (Å²) in [6, 6.07) is 14.7. The highest BCUT2D eigenvalue weighted by atomic mass is 35.5. The van der Waals surface area contributed by atoms with Crippen LogP contribution in [0.1, 0.15) is 101 Å². The second-order valence-corrected chi connectivity index (χ2v) is 13.6. The molecule has 0 saturated heterocycles. The van der Waals surface area contributed by atoms with Crippen molar-refractivity contribution in [2.24, 2.45) is 38.9 Å². The van der Waals surface area contributed by atoms with Crippen LogP contribution >= 0.6 is 11.6 Å². The fraction of sp³-hybridized carbons (Fsp3) is 0.515. The van der Waals surface area contributed by atoms with E-state index in [2.05, 4.69) is 49.9 Å². The lowest BCUT2D eigenvalue weighted by atomic mass is 9.69. The van der Waals surface area contributed by atoms with Crippen LogP contribution in [0, 0.1) is 17.3 Å². The molecule has 1 spiro atoms. The first-order valence-corrected chi connectivity index (χ1v) is 15.3. The highest BCUT2D eigenvalue weighted by molar-refractivity contribution is 6.47. The van der Waals surface area contributed by atoms with Gasteiger partial charge in [0.25, 0.3) is 11.8 Å². The topological polar surface area (TPSA) is 126 Å². The summed E-state index contributed by atoms with van der Waals surface area (Å²) in [4.78, 5) is 34.5. The average molecular weight is 593 g/mol. The van der Waals surface area contributed by atoms with E-state index in [1.807, 2.05) is 36.4 Å². The van der Waals surface area contributed by atoms with Crippen LogP contribution in [0.3, 0.4) is 0 Å². The van der Waals surface area contributed by atoms with E-state index in [1.54, 1.807) is 12.1 Å². The Balaban J connectivity index is 1.72. The Kier molecular flexibility index (Phi) is 9.66. The Labute approximate surface area is 255 Å². The van der Waals surface area contributed by atoms with Crippen molar-refractivity contribution in [3.63, 3.8) is 0 Å². The first-order chi connectivity index (χ1) is 19.8. The van der Waals surface area contributed by atoms with Crippen molar-refractivity contribution in [2.75, 3.05) is 6.54 Å². The minimum absolute atomic E-state index is 0.0569. The highest BCUT2D eigenvalue weighted by Crippen LogP contribution is 2.50. The molecule has 0 radical (unpaired) electrons. The lowest BCUT2D eigenvalue weighted by molar-refractivity contribution is -0.133. The van der Waals surface area contributed by atoms with Crippen molar-refractivity contribution in [1.82, 2.24) is 10.2 Å². The van der Waals surface area contributed by atoms with Crippen molar-refractivity contribution < 1.29 is 9.59 Å². The number of halogens is 1. The van der Waals surface area contributed by atoms with Crippen LogP contribution in [0.5, 0.6) is 0 Å². The largest absolute Gasteiger partial charge is 0.384 e. The molecule has 4 rings (SSSR count). The summed E-state index contributed by atoms with van der Waals surface area (Å²) in [5.74, 6) is 6.02. The van der Waals surface area contributed by atoms with Gasteiger partial charge in [-0.3, -0.25) is 14.6 Å². The van der Waals surface area contributed by atoms with E-state index in [9.17, 15) is 9.59 Å². The molecule has 0 aromatic heterocycles. The number of amides is 2. The third-order valence-corrected chi connectivity index (χ3v) is 9.02. The number of nitrogens with zero attached hydrogens (tertiary/aromatic N) is 3. The quantitative estimate of drug-likeness (QED) is 0.142. The van der Waals surface area contributed by atoms with Crippen LogP contribution in [0.2, 0.25) is 5.02 Å². The van der Waals surface area contributed by atoms with Gasteiger partial charge in [-0.15, -0.1) is 0 Å². The number of amidine groups is 1. The summed E-state index contributed by atoms with van der Waals surface area (Å²) < 4.78 is 0. The maximum Gasteiger partial charge on any atom is 0.275 e. The van der Waals surface area contributed by atoms with Crippen LogP contribution < -0.4 is 16.9 Å². The summed E-state index contributed by atoms with van der Waals surface area (Å²) in [5.41, 5.74) is 7.92. The molecule has 2 aliphatic rings.